The molecule has 1 aromatic rings. The molecule has 1 aromatic carbocycles. The van der Waals surface area contributed by atoms with Crippen LogP contribution in [0.3, 0.4) is 0 Å². The molecule has 0 aliphatic carbocycles. The maximum Gasteiger partial charge on any atom is 0.308 e. The number of benzene rings is 1. The minimum Gasteiger partial charge on any atom is -0.481 e. The lowest BCUT2D eigenvalue weighted by Gasteiger charge is -2.30. The SMILES string of the molecule is O=C(O)[C@H]1CCCN(C(=O)c2cc(Br)c3c(c2)OCO3)C1. The molecule has 112 valence electrons. The van der Waals surface area contributed by atoms with Gasteiger partial charge < -0.3 is 19.5 Å². The first-order valence-electron chi connectivity index (χ1n) is 6.67. The van der Waals surface area contributed by atoms with Gasteiger partial charge in [0.25, 0.3) is 5.91 Å². The van der Waals surface area contributed by atoms with Crippen LogP contribution in [0.2, 0.25) is 0 Å². The number of halogens is 1. The third-order valence-electron chi connectivity index (χ3n) is 3.73. The van der Waals surface area contributed by atoms with E-state index in [0.29, 0.717) is 40.9 Å². The van der Waals surface area contributed by atoms with Crippen LogP contribution in [0.25, 0.3) is 0 Å². The maximum absolute atomic E-state index is 12.5. The highest BCUT2D eigenvalue weighted by Gasteiger charge is 2.30. The van der Waals surface area contributed by atoms with E-state index in [0.717, 1.165) is 0 Å². The van der Waals surface area contributed by atoms with Gasteiger partial charge in [0.1, 0.15) is 0 Å². The van der Waals surface area contributed by atoms with Gasteiger partial charge in [-0.25, -0.2) is 0 Å². The van der Waals surface area contributed by atoms with Crippen LogP contribution in [0.4, 0.5) is 0 Å². The van der Waals surface area contributed by atoms with Gasteiger partial charge in [0.15, 0.2) is 11.5 Å². The molecule has 1 N–H and O–H groups in total. The summed E-state index contributed by atoms with van der Waals surface area (Å²) in [5.41, 5.74) is 0.470. The maximum atomic E-state index is 12.5. The summed E-state index contributed by atoms with van der Waals surface area (Å²) >= 11 is 3.36. The molecule has 7 heteroatoms. The van der Waals surface area contributed by atoms with Gasteiger partial charge in [0.2, 0.25) is 6.79 Å². The summed E-state index contributed by atoms with van der Waals surface area (Å²) < 4.78 is 11.2. The number of hydrogen-bond donors (Lipinski definition) is 1. The van der Waals surface area contributed by atoms with Crippen LogP contribution >= 0.6 is 15.9 Å². The van der Waals surface area contributed by atoms with Crippen molar-refractivity contribution in [3.63, 3.8) is 0 Å². The van der Waals surface area contributed by atoms with Crippen LogP contribution in [-0.2, 0) is 4.79 Å². The molecule has 21 heavy (non-hydrogen) atoms. The first-order valence-corrected chi connectivity index (χ1v) is 7.47. The number of aliphatic carboxylic acids is 1. The molecule has 1 fully saturated rings. The van der Waals surface area contributed by atoms with Crippen molar-refractivity contribution in [2.24, 2.45) is 5.92 Å². The second-order valence-electron chi connectivity index (χ2n) is 5.12. The number of carboxylic acids is 1. The Morgan fingerprint density at radius 1 is 1.33 bits per heavy atom. The monoisotopic (exact) mass is 355 g/mol. The molecule has 1 amide bonds. The summed E-state index contributed by atoms with van der Waals surface area (Å²) in [7, 11) is 0. The van der Waals surface area contributed by atoms with Gasteiger partial charge in [0.05, 0.1) is 10.4 Å². The Bertz CT molecular complexity index is 603. The van der Waals surface area contributed by atoms with Crippen LogP contribution in [0, 0.1) is 5.92 Å². The Balaban J connectivity index is 1.82. The van der Waals surface area contributed by atoms with Gasteiger partial charge in [-0.1, -0.05) is 0 Å². The van der Waals surface area contributed by atoms with E-state index in [9.17, 15) is 9.59 Å². The lowest BCUT2D eigenvalue weighted by atomic mass is 9.97. The van der Waals surface area contributed by atoms with Gasteiger partial charge >= 0.3 is 5.97 Å². The lowest BCUT2D eigenvalue weighted by Crippen LogP contribution is -2.42. The van der Waals surface area contributed by atoms with Gasteiger partial charge in [-0.15, -0.1) is 0 Å². The molecule has 0 bridgehead atoms. The van der Waals surface area contributed by atoms with Gasteiger partial charge in [0, 0.05) is 18.7 Å². The first kappa shape index (κ1) is 14.2. The molecule has 2 heterocycles. The quantitative estimate of drug-likeness (QED) is 0.879. The number of carboxylic acid groups (broad SMARTS) is 1. The summed E-state index contributed by atoms with van der Waals surface area (Å²) in [6.45, 7) is 0.964. The number of nitrogens with zero attached hydrogens (tertiary/aromatic N) is 1. The van der Waals surface area contributed by atoms with E-state index in [1.807, 2.05) is 0 Å². The van der Waals surface area contributed by atoms with E-state index in [1.165, 1.54) is 0 Å². The molecule has 1 saturated heterocycles. The standard InChI is InChI=1S/C14H14BrNO5/c15-10-4-9(5-11-12(10)21-7-20-11)13(17)16-3-1-2-8(6-16)14(18)19/h4-5,8H,1-3,6-7H2,(H,18,19)/t8-/m0/s1. The average Bonchev–Trinajstić information content (AvgIpc) is 2.95. The number of rotatable bonds is 2. The minimum absolute atomic E-state index is 0.135. The van der Waals surface area contributed by atoms with Gasteiger partial charge in [-0.05, 0) is 40.9 Å². The fourth-order valence-corrected chi connectivity index (χ4v) is 3.19. The molecule has 2 aliphatic rings. The number of piperidine rings is 1. The molecular weight excluding hydrogens is 342 g/mol. The van der Waals surface area contributed by atoms with Crippen LogP contribution in [0.1, 0.15) is 23.2 Å². The smallest absolute Gasteiger partial charge is 0.308 e. The molecule has 3 rings (SSSR count). The Morgan fingerprint density at radius 2 is 2.14 bits per heavy atom. The predicted octanol–water partition coefficient (Wildman–Crippen LogP) is 2.11. The zero-order chi connectivity index (χ0) is 15.0. The number of fused-ring (bicyclic) bond motifs is 1. The largest absolute Gasteiger partial charge is 0.481 e. The van der Waals surface area contributed by atoms with E-state index in [4.69, 9.17) is 14.6 Å². The third-order valence-corrected chi connectivity index (χ3v) is 4.32. The van der Waals surface area contributed by atoms with E-state index in [1.54, 1.807) is 17.0 Å². The normalized spacial score (nSPS) is 20.4. The van der Waals surface area contributed by atoms with Crippen molar-refractivity contribution in [2.75, 3.05) is 19.9 Å². The highest BCUT2D eigenvalue weighted by atomic mass is 79.9. The van der Waals surface area contributed by atoms with E-state index in [-0.39, 0.29) is 19.2 Å². The number of ether oxygens (including phenoxy) is 2. The Hall–Kier alpha value is -1.76. The number of amides is 1. The summed E-state index contributed by atoms with van der Waals surface area (Å²) in [6.07, 6.45) is 1.32. The number of likely N-dealkylation sites (tertiary alicyclic amines) is 1. The molecule has 0 spiro atoms. The summed E-state index contributed by atoms with van der Waals surface area (Å²) in [5.74, 6) is -0.396. The van der Waals surface area contributed by atoms with Crippen LogP contribution in [0.5, 0.6) is 11.5 Å². The number of carbonyl (C=O) groups is 2. The van der Waals surface area contributed by atoms with Crippen LogP contribution in [0.15, 0.2) is 16.6 Å². The summed E-state index contributed by atoms with van der Waals surface area (Å²) in [4.78, 5) is 25.2. The average molecular weight is 356 g/mol. The first-order chi connectivity index (χ1) is 10.1. The fourth-order valence-electron chi connectivity index (χ4n) is 2.64. The predicted molar refractivity (Wildman–Crippen MR) is 76.5 cm³/mol. The lowest BCUT2D eigenvalue weighted by molar-refractivity contribution is -0.143. The number of hydrogen-bond acceptors (Lipinski definition) is 4. The van der Waals surface area contributed by atoms with Crippen LogP contribution < -0.4 is 9.47 Å². The van der Waals surface area contributed by atoms with Crippen molar-refractivity contribution >= 4 is 27.8 Å². The zero-order valence-electron chi connectivity index (χ0n) is 11.2. The topological polar surface area (TPSA) is 76.1 Å². The molecule has 6 nitrogen and oxygen atoms in total. The van der Waals surface area contributed by atoms with Crippen molar-refractivity contribution in [1.29, 1.82) is 0 Å². The molecule has 2 aliphatic heterocycles. The number of carbonyl (C=O) groups excluding carboxylic acids is 1. The fraction of sp³-hybridized carbons (Fsp3) is 0.429. The molecule has 0 aromatic heterocycles. The molecule has 1 atom stereocenters. The Morgan fingerprint density at radius 3 is 2.90 bits per heavy atom. The zero-order valence-corrected chi connectivity index (χ0v) is 12.8. The van der Waals surface area contributed by atoms with Crippen molar-refractivity contribution in [1.82, 2.24) is 4.90 Å². The van der Waals surface area contributed by atoms with Gasteiger partial charge in [-0.2, -0.15) is 0 Å². The molecule has 0 saturated carbocycles. The highest BCUT2D eigenvalue weighted by Crippen LogP contribution is 2.40. The van der Waals surface area contributed by atoms with E-state index < -0.39 is 11.9 Å². The van der Waals surface area contributed by atoms with Crippen molar-refractivity contribution < 1.29 is 24.2 Å². The van der Waals surface area contributed by atoms with Gasteiger partial charge in [-0.3, -0.25) is 9.59 Å². The van der Waals surface area contributed by atoms with Crippen LogP contribution in [-0.4, -0.2) is 41.8 Å². The molecular formula is C14H14BrNO5. The third kappa shape index (κ3) is 2.70. The molecule has 0 radical (unpaired) electrons. The second-order valence-corrected chi connectivity index (χ2v) is 5.97. The second kappa shape index (κ2) is 5.55. The van der Waals surface area contributed by atoms with Crippen molar-refractivity contribution in [3.8, 4) is 11.5 Å². The summed E-state index contributed by atoms with van der Waals surface area (Å²) in [5, 5.41) is 9.10. The van der Waals surface area contributed by atoms with E-state index >= 15 is 0 Å². The van der Waals surface area contributed by atoms with E-state index in [2.05, 4.69) is 15.9 Å². The summed E-state index contributed by atoms with van der Waals surface area (Å²) in [6, 6.07) is 3.32. The Labute approximate surface area is 129 Å². The molecule has 0 unspecified atom stereocenters. The Kier molecular flexibility index (Phi) is 3.75. The highest BCUT2D eigenvalue weighted by molar-refractivity contribution is 9.10. The van der Waals surface area contributed by atoms with Crippen molar-refractivity contribution in [3.05, 3.63) is 22.2 Å². The van der Waals surface area contributed by atoms with Crippen molar-refractivity contribution in [2.45, 2.75) is 12.8 Å². The minimum atomic E-state index is -0.848.